The number of nitrogens with two attached hydrogens (primary N) is 2. The first-order valence-corrected chi connectivity index (χ1v) is 13.2. The van der Waals surface area contributed by atoms with Crippen LogP contribution in [0.1, 0.15) is 36.7 Å². The molecule has 9 N–H and O–H groups in total. The van der Waals surface area contributed by atoms with Crippen LogP contribution in [0.3, 0.4) is 0 Å². The van der Waals surface area contributed by atoms with E-state index in [0.29, 0.717) is 11.3 Å². The van der Waals surface area contributed by atoms with Gasteiger partial charge in [-0.1, -0.05) is 0 Å². The number of carbonyl (C=O) groups is 4. The summed E-state index contributed by atoms with van der Waals surface area (Å²) >= 11 is 0. The molecule has 0 fully saturated rings. The molecule has 0 bridgehead atoms. The number of rotatable bonds is 4. The predicted octanol–water partition coefficient (Wildman–Crippen LogP) is 0.272. The number of likely N-dealkylation sites (N-methyl/N-ethyl adjacent to an activating group) is 1. The summed E-state index contributed by atoms with van der Waals surface area (Å²) in [6, 6.07) is -1.20. The molecule has 14 heteroatoms. The van der Waals surface area contributed by atoms with Gasteiger partial charge in [-0.25, -0.2) is 4.79 Å². The van der Waals surface area contributed by atoms with Crippen LogP contribution in [0.5, 0.6) is 5.75 Å². The average Bonchev–Trinajstić information content (AvgIpc) is 2.83. The summed E-state index contributed by atoms with van der Waals surface area (Å²) in [5.41, 5.74) is 6.49. The van der Waals surface area contributed by atoms with Crippen molar-refractivity contribution in [1.82, 2.24) is 10.2 Å². The van der Waals surface area contributed by atoms with Crippen molar-refractivity contribution in [2.24, 2.45) is 17.6 Å². The van der Waals surface area contributed by atoms with Crippen molar-refractivity contribution in [3.05, 3.63) is 39.9 Å². The van der Waals surface area contributed by atoms with Gasteiger partial charge in [-0.15, -0.1) is 0 Å². The second-order valence-corrected chi connectivity index (χ2v) is 12.3. The van der Waals surface area contributed by atoms with E-state index in [1.54, 1.807) is 39.8 Å². The fourth-order valence-electron chi connectivity index (χ4n) is 6.40. The van der Waals surface area contributed by atoms with Gasteiger partial charge in [0.1, 0.15) is 28.4 Å². The Labute approximate surface area is 242 Å². The van der Waals surface area contributed by atoms with Crippen LogP contribution in [0.2, 0.25) is 0 Å². The van der Waals surface area contributed by atoms with Crippen LogP contribution in [0.15, 0.2) is 28.7 Å². The maximum Gasteiger partial charge on any atom is 0.407 e. The van der Waals surface area contributed by atoms with E-state index >= 15 is 0 Å². The lowest BCUT2D eigenvalue weighted by Crippen LogP contribution is -2.71. The predicted molar refractivity (Wildman–Crippen MR) is 151 cm³/mol. The van der Waals surface area contributed by atoms with Crippen LogP contribution >= 0.6 is 0 Å². The number of ketones is 2. The minimum absolute atomic E-state index is 0.0731. The number of amides is 2. The zero-order valence-electron chi connectivity index (χ0n) is 24.5. The lowest BCUT2D eigenvalue weighted by molar-refractivity contribution is -0.151. The van der Waals surface area contributed by atoms with Crippen molar-refractivity contribution in [2.45, 2.75) is 50.5 Å². The smallest absolute Gasteiger partial charge is 0.407 e. The molecule has 0 unspecified atom stereocenters. The number of primary amides is 1. The summed E-state index contributed by atoms with van der Waals surface area (Å²) in [6.07, 6.45) is -1.04. The van der Waals surface area contributed by atoms with Gasteiger partial charge in [0.2, 0.25) is 5.78 Å². The van der Waals surface area contributed by atoms with Crippen molar-refractivity contribution in [3.63, 3.8) is 0 Å². The molecular weight excluding hydrogens is 550 g/mol. The summed E-state index contributed by atoms with van der Waals surface area (Å²) in [6.45, 7) is 4.87. The number of ether oxygens (including phenoxy) is 1. The normalized spacial score (nSPS) is 27.4. The molecule has 42 heavy (non-hydrogen) atoms. The third-order valence-electron chi connectivity index (χ3n) is 8.02. The number of hydrogen-bond acceptors (Lipinski definition) is 12. The number of benzene rings is 1. The minimum Gasteiger partial charge on any atom is -0.510 e. The Kier molecular flexibility index (Phi) is 7.23. The number of carbonyl (C=O) groups excluding carboxylic acids is 4. The monoisotopic (exact) mass is 587 g/mol. The highest BCUT2D eigenvalue weighted by Crippen LogP contribution is 2.53. The number of nitrogens with one attached hydrogen (secondary N) is 1. The van der Waals surface area contributed by atoms with Gasteiger partial charge < -0.3 is 46.8 Å². The van der Waals surface area contributed by atoms with E-state index < -0.39 is 87.1 Å². The van der Waals surface area contributed by atoms with Crippen molar-refractivity contribution in [3.8, 4) is 5.75 Å². The van der Waals surface area contributed by atoms with Crippen molar-refractivity contribution in [1.29, 1.82) is 0 Å². The van der Waals surface area contributed by atoms with E-state index in [0.717, 1.165) is 0 Å². The Bertz CT molecular complexity index is 1470. The molecule has 228 valence electrons. The summed E-state index contributed by atoms with van der Waals surface area (Å²) in [7, 11) is 6.38. The third-order valence-corrected chi connectivity index (χ3v) is 8.02. The van der Waals surface area contributed by atoms with Gasteiger partial charge in [-0.05, 0) is 52.9 Å². The molecule has 3 aliphatic carbocycles. The Morgan fingerprint density at radius 2 is 1.71 bits per heavy atom. The SMILES string of the molecule is CN(C)c1cc(N)c(O)c2c1C[C@@H]1C(=C(O)[C@]3(O)C(=O)C(C(N)=O)=C(O)[C@@H](N(C)C)[C@@H]3[C@H]1NC(=O)OC(C)(C)C)C2=O. The maximum absolute atomic E-state index is 14.1. The van der Waals surface area contributed by atoms with E-state index in [4.69, 9.17) is 16.2 Å². The Morgan fingerprint density at radius 1 is 1.12 bits per heavy atom. The summed E-state index contributed by atoms with van der Waals surface area (Å²) < 4.78 is 5.45. The van der Waals surface area contributed by atoms with Gasteiger partial charge in [0.05, 0.1) is 17.3 Å². The molecule has 5 atom stereocenters. The number of aliphatic hydroxyl groups is 3. The molecule has 0 spiro atoms. The van der Waals surface area contributed by atoms with Crippen LogP contribution in [0, 0.1) is 11.8 Å². The number of nitrogen functional groups attached to an aromatic ring is 1. The number of phenolic OH excluding ortho intramolecular Hbond substituents is 1. The largest absolute Gasteiger partial charge is 0.510 e. The molecule has 0 aliphatic heterocycles. The molecule has 0 radical (unpaired) electrons. The van der Waals surface area contributed by atoms with Crippen molar-refractivity contribution in [2.75, 3.05) is 38.8 Å². The third kappa shape index (κ3) is 4.41. The molecule has 1 aromatic rings. The van der Waals surface area contributed by atoms with Gasteiger partial charge in [-0.2, -0.15) is 0 Å². The molecule has 2 amide bonds. The molecule has 3 aliphatic rings. The van der Waals surface area contributed by atoms with E-state index in [1.165, 1.54) is 25.1 Å². The number of fused-ring (bicyclic) bond motifs is 3. The average molecular weight is 588 g/mol. The number of alkyl carbamates (subject to hydrolysis) is 1. The summed E-state index contributed by atoms with van der Waals surface area (Å²) in [5.74, 6) is -8.78. The zero-order chi connectivity index (χ0) is 31.8. The first-order chi connectivity index (χ1) is 19.2. The highest BCUT2D eigenvalue weighted by atomic mass is 16.6. The Hall–Kier alpha value is -4.30. The summed E-state index contributed by atoms with van der Waals surface area (Å²) in [4.78, 5) is 56.4. The Balaban J connectivity index is 2.08. The van der Waals surface area contributed by atoms with Gasteiger partial charge in [-0.3, -0.25) is 19.3 Å². The van der Waals surface area contributed by atoms with Crippen LogP contribution in [0.4, 0.5) is 16.2 Å². The first kappa shape index (κ1) is 30.7. The number of nitrogens with zero attached hydrogens (tertiary/aromatic N) is 2. The molecule has 14 nitrogen and oxygen atoms in total. The standard InChI is InChI=1S/C28H37N5O9/c1-27(2,3)42-26(40)31-18-11-8-10-13(32(4)5)9-12(29)20(34)14(10)21(35)15(11)23(37)28(41)17(18)19(33(6)7)22(36)16(24(28)38)25(30)39/h9,11,17-19,34,36-37,41H,8,29H2,1-7H3,(H2,30,39)(H,31,40)/t11-,17+,18+,19+,28+/m1/s1. The van der Waals surface area contributed by atoms with Gasteiger partial charge >= 0.3 is 6.09 Å². The number of aromatic hydroxyl groups is 1. The molecule has 4 rings (SSSR count). The van der Waals surface area contributed by atoms with E-state index in [2.05, 4.69) is 5.32 Å². The highest BCUT2D eigenvalue weighted by molar-refractivity contribution is 6.25. The number of phenols is 1. The van der Waals surface area contributed by atoms with Crippen LogP contribution in [-0.2, 0) is 20.7 Å². The van der Waals surface area contributed by atoms with Crippen molar-refractivity contribution >= 4 is 34.9 Å². The maximum atomic E-state index is 14.1. The zero-order valence-corrected chi connectivity index (χ0v) is 24.5. The molecular formula is C28H37N5O9. The molecule has 0 saturated heterocycles. The number of hydrogen-bond donors (Lipinski definition) is 7. The first-order valence-electron chi connectivity index (χ1n) is 13.2. The van der Waals surface area contributed by atoms with E-state index in [9.17, 15) is 39.6 Å². The molecule has 0 heterocycles. The van der Waals surface area contributed by atoms with Crippen LogP contribution in [0.25, 0.3) is 0 Å². The Morgan fingerprint density at radius 3 is 2.21 bits per heavy atom. The highest BCUT2D eigenvalue weighted by Gasteiger charge is 2.67. The van der Waals surface area contributed by atoms with Gasteiger partial charge in [0, 0.05) is 43.2 Å². The van der Waals surface area contributed by atoms with Gasteiger partial charge in [0.25, 0.3) is 5.91 Å². The fraction of sp³-hybridized carbons (Fsp3) is 0.500. The molecule has 0 aromatic heterocycles. The van der Waals surface area contributed by atoms with Crippen LogP contribution in [-0.4, -0.2) is 100 Å². The molecule has 1 aromatic carbocycles. The van der Waals surface area contributed by atoms with Crippen LogP contribution < -0.4 is 21.7 Å². The van der Waals surface area contributed by atoms with E-state index in [1.807, 2.05) is 0 Å². The lowest BCUT2D eigenvalue weighted by Gasteiger charge is -2.54. The van der Waals surface area contributed by atoms with Gasteiger partial charge in [0.15, 0.2) is 11.4 Å². The summed E-state index contributed by atoms with van der Waals surface area (Å²) in [5, 5.41) is 48.4. The van der Waals surface area contributed by atoms with E-state index in [-0.39, 0.29) is 17.7 Å². The second kappa shape index (κ2) is 9.91. The number of aliphatic hydroxyl groups excluding tert-OH is 2. The number of Topliss-reactive ketones (excluding diaryl/α,β-unsaturated/α-hetero) is 2. The molecule has 0 saturated carbocycles. The number of anilines is 2. The quantitative estimate of drug-likeness (QED) is 0.143. The second-order valence-electron chi connectivity index (χ2n) is 12.3. The van der Waals surface area contributed by atoms with Crippen molar-refractivity contribution < 1.29 is 44.3 Å². The topological polar surface area (TPSA) is 229 Å². The fourth-order valence-corrected chi connectivity index (χ4v) is 6.40. The lowest BCUT2D eigenvalue weighted by atomic mass is 9.56. The minimum atomic E-state index is -3.00.